The standard InChI is InChI=1S/C19H27N5O3S2/c1-13-21-17(11-23(13)2)29(26,27)24-8-4-7-15(10-24)19-22-16(12-28-19)9-20-18(25)14-5-3-6-14/h11-12,14-15H,3-10H2,1-2H3,(H,20,25). The van der Waals surface area contributed by atoms with Crippen molar-refractivity contribution in [2.45, 2.75) is 56.5 Å². The van der Waals surface area contributed by atoms with Crippen LogP contribution in [0, 0.1) is 12.8 Å². The third kappa shape index (κ3) is 4.24. The highest BCUT2D eigenvalue weighted by atomic mass is 32.2. The Morgan fingerprint density at radius 3 is 2.72 bits per heavy atom. The molecule has 1 N–H and O–H groups in total. The van der Waals surface area contributed by atoms with Crippen LogP contribution in [0.1, 0.15) is 54.5 Å². The maximum absolute atomic E-state index is 13.0. The molecule has 8 nitrogen and oxygen atoms in total. The first-order valence-corrected chi connectivity index (χ1v) is 12.4. The van der Waals surface area contributed by atoms with Gasteiger partial charge in [0.1, 0.15) is 5.82 Å². The SMILES string of the molecule is Cc1nc(S(=O)(=O)N2CCCC(c3nc(CNC(=O)C4CCC4)cs3)C2)cn1C. The first-order valence-electron chi connectivity index (χ1n) is 10.1. The summed E-state index contributed by atoms with van der Waals surface area (Å²) in [6.07, 6.45) is 6.38. The van der Waals surface area contributed by atoms with Crippen molar-refractivity contribution in [3.05, 3.63) is 28.1 Å². The minimum Gasteiger partial charge on any atom is -0.350 e. The Morgan fingerprint density at radius 2 is 2.07 bits per heavy atom. The molecule has 1 saturated carbocycles. The summed E-state index contributed by atoms with van der Waals surface area (Å²) in [6.45, 7) is 3.15. The van der Waals surface area contributed by atoms with Gasteiger partial charge in [0.2, 0.25) is 5.91 Å². The van der Waals surface area contributed by atoms with Crippen LogP contribution < -0.4 is 5.32 Å². The van der Waals surface area contributed by atoms with Gasteiger partial charge in [-0.2, -0.15) is 4.31 Å². The molecule has 3 heterocycles. The fourth-order valence-corrected chi connectivity index (χ4v) is 6.23. The summed E-state index contributed by atoms with van der Waals surface area (Å²) in [5.41, 5.74) is 0.845. The van der Waals surface area contributed by atoms with E-state index in [2.05, 4.69) is 15.3 Å². The largest absolute Gasteiger partial charge is 0.350 e. The van der Waals surface area contributed by atoms with Gasteiger partial charge in [-0.25, -0.2) is 18.4 Å². The fourth-order valence-electron chi connectivity index (χ4n) is 3.73. The van der Waals surface area contributed by atoms with Crippen LogP contribution in [-0.4, -0.2) is 46.3 Å². The Bertz CT molecular complexity index is 974. The average molecular weight is 438 g/mol. The number of sulfonamides is 1. The van der Waals surface area contributed by atoms with Crippen molar-refractivity contribution in [2.75, 3.05) is 13.1 Å². The number of nitrogens with zero attached hydrogens (tertiary/aromatic N) is 4. The molecule has 29 heavy (non-hydrogen) atoms. The minimum atomic E-state index is -3.60. The molecule has 1 saturated heterocycles. The number of aryl methyl sites for hydroxylation is 2. The number of carbonyl (C=O) groups excluding carboxylic acids is 1. The number of thiazole rings is 1. The summed E-state index contributed by atoms with van der Waals surface area (Å²) in [6, 6.07) is 0. The second-order valence-electron chi connectivity index (χ2n) is 7.96. The highest BCUT2D eigenvalue weighted by Crippen LogP contribution is 2.32. The summed E-state index contributed by atoms with van der Waals surface area (Å²) in [5, 5.41) is 5.98. The monoisotopic (exact) mass is 437 g/mol. The third-order valence-electron chi connectivity index (χ3n) is 5.91. The third-order valence-corrected chi connectivity index (χ3v) is 8.71. The number of nitrogens with one attached hydrogen (secondary N) is 1. The van der Waals surface area contributed by atoms with E-state index < -0.39 is 10.0 Å². The Hall–Kier alpha value is -1.78. The first-order chi connectivity index (χ1) is 13.8. The summed E-state index contributed by atoms with van der Waals surface area (Å²) in [7, 11) is -1.81. The second-order valence-corrected chi connectivity index (χ2v) is 10.7. The Labute approximate surface area is 175 Å². The molecule has 0 aromatic carbocycles. The van der Waals surface area contributed by atoms with Gasteiger partial charge in [0.25, 0.3) is 10.0 Å². The van der Waals surface area contributed by atoms with Gasteiger partial charge in [0.05, 0.1) is 17.2 Å². The highest BCUT2D eigenvalue weighted by molar-refractivity contribution is 7.89. The van der Waals surface area contributed by atoms with E-state index in [-0.39, 0.29) is 22.8 Å². The number of aromatic nitrogens is 3. The molecule has 10 heteroatoms. The summed E-state index contributed by atoms with van der Waals surface area (Å²) >= 11 is 1.55. The van der Waals surface area contributed by atoms with Crippen molar-refractivity contribution in [1.82, 2.24) is 24.2 Å². The Kier molecular flexibility index (Phi) is 5.76. The van der Waals surface area contributed by atoms with Gasteiger partial charge in [-0.15, -0.1) is 11.3 Å². The molecule has 0 spiro atoms. The first kappa shape index (κ1) is 20.5. The van der Waals surface area contributed by atoms with E-state index in [1.807, 2.05) is 5.38 Å². The lowest BCUT2D eigenvalue weighted by Crippen LogP contribution is -2.39. The van der Waals surface area contributed by atoms with Crippen LogP contribution in [0.25, 0.3) is 0 Å². The number of imidazole rings is 1. The molecule has 1 atom stereocenters. The van der Waals surface area contributed by atoms with Crippen molar-refractivity contribution in [2.24, 2.45) is 13.0 Å². The molecule has 2 aromatic heterocycles. The van der Waals surface area contributed by atoms with Crippen LogP contribution in [0.3, 0.4) is 0 Å². The lowest BCUT2D eigenvalue weighted by Gasteiger charge is -2.30. The van der Waals surface area contributed by atoms with E-state index in [0.29, 0.717) is 25.5 Å². The number of carbonyl (C=O) groups is 1. The van der Waals surface area contributed by atoms with Crippen LogP contribution in [-0.2, 0) is 28.4 Å². The van der Waals surface area contributed by atoms with Gasteiger partial charge in [-0.3, -0.25) is 4.79 Å². The molecule has 1 unspecified atom stereocenters. The molecular weight excluding hydrogens is 410 g/mol. The maximum atomic E-state index is 13.0. The van der Waals surface area contributed by atoms with Gasteiger partial charge in [-0.1, -0.05) is 6.42 Å². The maximum Gasteiger partial charge on any atom is 0.262 e. The van der Waals surface area contributed by atoms with Gasteiger partial charge < -0.3 is 9.88 Å². The smallest absolute Gasteiger partial charge is 0.262 e. The normalized spacial score (nSPS) is 21.1. The molecule has 1 aliphatic heterocycles. The molecule has 2 aliphatic rings. The van der Waals surface area contributed by atoms with E-state index in [9.17, 15) is 13.2 Å². The summed E-state index contributed by atoms with van der Waals surface area (Å²) in [5.74, 6) is 1.03. The van der Waals surface area contributed by atoms with Crippen LogP contribution in [0.4, 0.5) is 0 Å². The Balaban J connectivity index is 1.40. The zero-order valence-corrected chi connectivity index (χ0v) is 18.4. The molecule has 0 bridgehead atoms. The molecule has 2 aromatic rings. The Morgan fingerprint density at radius 1 is 1.28 bits per heavy atom. The predicted octanol–water partition coefficient (Wildman–Crippen LogP) is 2.17. The van der Waals surface area contributed by atoms with Crippen LogP contribution in [0.15, 0.2) is 16.6 Å². The molecule has 158 valence electrons. The molecule has 1 aliphatic carbocycles. The lowest BCUT2D eigenvalue weighted by atomic mass is 9.85. The van der Waals surface area contributed by atoms with Crippen molar-refractivity contribution < 1.29 is 13.2 Å². The van der Waals surface area contributed by atoms with Crippen molar-refractivity contribution >= 4 is 27.3 Å². The molecule has 2 fully saturated rings. The van der Waals surface area contributed by atoms with Crippen LogP contribution >= 0.6 is 11.3 Å². The summed E-state index contributed by atoms with van der Waals surface area (Å²) < 4.78 is 29.2. The molecule has 1 amide bonds. The van der Waals surface area contributed by atoms with E-state index in [1.165, 1.54) is 4.31 Å². The number of amides is 1. The van der Waals surface area contributed by atoms with Gasteiger partial charge in [-0.05, 0) is 32.6 Å². The second kappa shape index (κ2) is 8.16. The highest BCUT2D eigenvalue weighted by Gasteiger charge is 2.33. The zero-order chi connectivity index (χ0) is 20.6. The van der Waals surface area contributed by atoms with E-state index in [0.717, 1.165) is 42.8 Å². The topological polar surface area (TPSA) is 97.2 Å². The lowest BCUT2D eigenvalue weighted by molar-refractivity contribution is -0.127. The fraction of sp³-hybridized carbons (Fsp3) is 0.632. The van der Waals surface area contributed by atoms with Gasteiger partial charge in [0, 0.05) is 43.5 Å². The summed E-state index contributed by atoms with van der Waals surface area (Å²) in [4.78, 5) is 20.9. The van der Waals surface area contributed by atoms with Gasteiger partial charge >= 0.3 is 0 Å². The average Bonchev–Trinajstić information content (AvgIpc) is 3.26. The molecule has 0 radical (unpaired) electrons. The number of hydrogen-bond acceptors (Lipinski definition) is 6. The number of piperidine rings is 1. The quantitative estimate of drug-likeness (QED) is 0.747. The van der Waals surface area contributed by atoms with Crippen molar-refractivity contribution in [3.63, 3.8) is 0 Å². The minimum absolute atomic E-state index is 0.0735. The van der Waals surface area contributed by atoms with Gasteiger partial charge in [0.15, 0.2) is 5.03 Å². The zero-order valence-electron chi connectivity index (χ0n) is 16.8. The number of hydrogen-bond donors (Lipinski definition) is 1. The molecular formula is C19H27N5O3S2. The van der Waals surface area contributed by atoms with E-state index in [4.69, 9.17) is 0 Å². The van der Waals surface area contributed by atoms with Crippen LogP contribution in [0.2, 0.25) is 0 Å². The number of rotatable bonds is 6. The van der Waals surface area contributed by atoms with E-state index in [1.54, 1.807) is 36.1 Å². The van der Waals surface area contributed by atoms with Crippen LogP contribution in [0.5, 0.6) is 0 Å². The predicted molar refractivity (Wildman–Crippen MR) is 110 cm³/mol. The van der Waals surface area contributed by atoms with Crippen molar-refractivity contribution in [1.29, 1.82) is 0 Å². The molecule has 4 rings (SSSR count). The van der Waals surface area contributed by atoms with E-state index >= 15 is 0 Å². The van der Waals surface area contributed by atoms with Crippen molar-refractivity contribution in [3.8, 4) is 0 Å².